The maximum absolute atomic E-state index is 10.9. The van der Waals surface area contributed by atoms with Gasteiger partial charge in [-0.2, -0.15) is 0 Å². The normalized spacial score (nSPS) is 10.3. The van der Waals surface area contributed by atoms with Crippen molar-refractivity contribution < 1.29 is 8.42 Å². The SMILES string of the molecule is CC.Cc1ccc(S(N)(=O)=O)c(N)c1. The van der Waals surface area contributed by atoms with Gasteiger partial charge in [0.05, 0.1) is 5.69 Å². The number of hydrogen-bond acceptors (Lipinski definition) is 3. The molecule has 0 unspecified atom stereocenters. The molecule has 0 spiro atoms. The molecule has 0 atom stereocenters. The van der Waals surface area contributed by atoms with Crippen molar-refractivity contribution in [1.82, 2.24) is 0 Å². The van der Waals surface area contributed by atoms with Gasteiger partial charge in [-0.25, -0.2) is 13.6 Å². The molecule has 0 fully saturated rings. The summed E-state index contributed by atoms with van der Waals surface area (Å²) in [5.74, 6) is 0. The Morgan fingerprint density at radius 3 is 2.07 bits per heavy atom. The van der Waals surface area contributed by atoms with Crippen molar-refractivity contribution in [2.24, 2.45) is 5.14 Å². The molecule has 0 aliphatic carbocycles. The molecular formula is C9H16N2O2S. The van der Waals surface area contributed by atoms with E-state index in [0.717, 1.165) is 5.56 Å². The van der Waals surface area contributed by atoms with Crippen LogP contribution in [0.2, 0.25) is 0 Å². The third-order valence-electron chi connectivity index (χ3n) is 1.47. The smallest absolute Gasteiger partial charge is 0.240 e. The first-order valence-electron chi connectivity index (χ1n) is 4.30. The zero-order valence-electron chi connectivity index (χ0n) is 8.61. The van der Waals surface area contributed by atoms with Crippen LogP contribution in [0, 0.1) is 6.92 Å². The zero-order chi connectivity index (χ0) is 11.4. The summed E-state index contributed by atoms with van der Waals surface area (Å²) in [5, 5.41) is 4.90. The summed E-state index contributed by atoms with van der Waals surface area (Å²) in [5.41, 5.74) is 6.54. The van der Waals surface area contributed by atoms with Gasteiger partial charge in [0.1, 0.15) is 4.90 Å². The highest BCUT2D eigenvalue weighted by Gasteiger charge is 2.10. The predicted octanol–water partition coefficient (Wildman–Crippen LogP) is 1.25. The fraction of sp³-hybridized carbons (Fsp3) is 0.333. The Bertz CT molecular complexity index is 399. The average Bonchev–Trinajstić information content (AvgIpc) is 2.05. The third kappa shape index (κ3) is 3.35. The van der Waals surface area contributed by atoms with Crippen molar-refractivity contribution in [3.05, 3.63) is 23.8 Å². The van der Waals surface area contributed by atoms with E-state index in [-0.39, 0.29) is 10.6 Å². The zero-order valence-corrected chi connectivity index (χ0v) is 9.43. The van der Waals surface area contributed by atoms with E-state index in [1.165, 1.54) is 6.07 Å². The number of aryl methyl sites for hydroxylation is 1. The number of benzene rings is 1. The van der Waals surface area contributed by atoms with Crippen molar-refractivity contribution in [2.75, 3.05) is 5.73 Å². The van der Waals surface area contributed by atoms with Crippen LogP contribution in [0.1, 0.15) is 19.4 Å². The summed E-state index contributed by atoms with van der Waals surface area (Å²) >= 11 is 0. The predicted molar refractivity (Wildman–Crippen MR) is 58.3 cm³/mol. The molecule has 1 aromatic carbocycles. The largest absolute Gasteiger partial charge is 0.398 e. The maximum atomic E-state index is 10.9. The first-order valence-corrected chi connectivity index (χ1v) is 5.85. The second-order valence-electron chi connectivity index (χ2n) is 2.59. The molecule has 0 bridgehead atoms. The molecule has 5 heteroatoms. The topological polar surface area (TPSA) is 86.2 Å². The van der Waals surface area contributed by atoms with Crippen LogP contribution in [-0.2, 0) is 10.0 Å². The van der Waals surface area contributed by atoms with Crippen molar-refractivity contribution in [1.29, 1.82) is 0 Å². The van der Waals surface area contributed by atoms with Crippen molar-refractivity contribution >= 4 is 15.7 Å². The summed E-state index contributed by atoms with van der Waals surface area (Å²) in [7, 11) is -3.68. The number of nitrogen functional groups attached to an aromatic ring is 1. The molecule has 4 nitrogen and oxygen atoms in total. The Labute approximate surface area is 85.0 Å². The molecule has 0 amide bonds. The fourth-order valence-corrected chi connectivity index (χ4v) is 1.57. The van der Waals surface area contributed by atoms with Crippen LogP contribution in [0.15, 0.2) is 23.1 Å². The van der Waals surface area contributed by atoms with Crippen molar-refractivity contribution in [3.63, 3.8) is 0 Å². The van der Waals surface area contributed by atoms with Gasteiger partial charge < -0.3 is 5.73 Å². The van der Waals surface area contributed by atoms with Gasteiger partial charge in [0.2, 0.25) is 10.0 Å². The number of rotatable bonds is 1. The Balaban J connectivity index is 0.000000791. The van der Waals surface area contributed by atoms with E-state index in [1.54, 1.807) is 12.1 Å². The van der Waals surface area contributed by atoms with Crippen LogP contribution in [-0.4, -0.2) is 8.42 Å². The van der Waals surface area contributed by atoms with Crippen LogP contribution in [0.25, 0.3) is 0 Å². The second kappa shape index (κ2) is 4.97. The van der Waals surface area contributed by atoms with E-state index in [0.29, 0.717) is 0 Å². The first kappa shape index (κ1) is 12.9. The van der Waals surface area contributed by atoms with Crippen molar-refractivity contribution in [3.8, 4) is 0 Å². The summed E-state index contributed by atoms with van der Waals surface area (Å²) in [6.07, 6.45) is 0. The Kier molecular flexibility index (Phi) is 4.59. The number of primary sulfonamides is 1. The van der Waals surface area contributed by atoms with Crippen LogP contribution in [0.5, 0.6) is 0 Å². The van der Waals surface area contributed by atoms with Crippen LogP contribution in [0.3, 0.4) is 0 Å². The molecule has 0 saturated heterocycles. The maximum Gasteiger partial charge on any atom is 0.240 e. The standard InChI is InChI=1S/C7H10N2O2S.C2H6/c1-5-2-3-7(6(8)4-5)12(9,10)11;1-2/h2-4H,8H2,1H3,(H2,9,10,11);1-2H3. The molecule has 0 heterocycles. The summed E-state index contributed by atoms with van der Waals surface area (Å²) in [6, 6.07) is 4.62. The minimum atomic E-state index is -3.68. The van der Waals surface area contributed by atoms with E-state index in [9.17, 15) is 8.42 Å². The van der Waals surface area contributed by atoms with Gasteiger partial charge in [-0.05, 0) is 24.6 Å². The molecule has 0 aliphatic heterocycles. The highest BCUT2D eigenvalue weighted by Crippen LogP contribution is 2.17. The molecular weight excluding hydrogens is 200 g/mol. The molecule has 0 radical (unpaired) electrons. The monoisotopic (exact) mass is 216 g/mol. The number of anilines is 1. The molecule has 0 saturated carbocycles. The van der Waals surface area contributed by atoms with Gasteiger partial charge >= 0.3 is 0 Å². The lowest BCUT2D eigenvalue weighted by Crippen LogP contribution is -2.14. The van der Waals surface area contributed by atoms with Gasteiger partial charge in [0.15, 0.2) is 0 Å². The quantitative estimate of drug-likeness (QED) is 0.693. The number of sulfonamides is 1. The number of nitrogens with two attached hydrogens (primary N) is 2. The van der Waals surface area contributed by atoms with Crippen molar-refractivity contribution in [2.45, 2.75) is 25.7 Å². The Morgan fingerprint density at radius 1 is 1.21 bits per heavy atom. The van der Waals surface area contributed by atoms with Gasteiger partial charge in [0.25, 0.3) is 0 Å². The van der Waals surface area contributed by atoms with Crippen LogP contribution < -0.4 is 10.9 Å². The second-order valence-corrected chi connectivity index (χ2v) is 4.12. The summed E-state index contributed by atoms with van der Waals surface area (Å²) in [6.45, 7) is 5.82. The fourth-order valence-electron chi connectivity index (χ4n) is 0.927. The molecule has 1 rings (SSSR count). The first-order chi connectivity index (χ1) is 6.41. The molecule has 0 aliphatic rings. The van der Waals surface area contributed by atoms with Crippen LogP contribution in [0.4, 0.5) is 5.69 Å². The van der Waals surface area contributed by atoms with E-state index in [4.69, 9.17) is 10.9 Å². The van der Waals surface area contributed by atoms with Gasteiger partial charge in [-0.1, -0.05) is 19.9 Å². The lowest BCUT2D eigenvalue weighted by Gasteiger charge is -2.02. The average molecular weight is 216 g/mol. The molecule has 14 heavy (non-hydrogen) atoms. The minimum Gasteiger partial charge on any atom is -0.398 e. The van der Waals surface area contributed by atoms with Gasteiger partial charge in [-0.3, -0.25) is 0 Å². The highest BCUT2D eigenvalue weighted by molar-refractivity contribution is 7.89. The highest BCUT2D eigenvalue weighted by atomic mass is 32.2. The summed E-state index contributed by atoms with van der Waals surface area (Å²) in [4.78, 5) is -0.0203. The third-order valence-corrected chi connectivity index (χ3v) is 2.46. The lowest BCUT2D eigenvalue weighted by atomic mass is 10.2. The van der Waals surface area contributed by atoms with Gasteiger partial charge in [0, 0.05) is 0 Å². The van der Waals surface area contributed by atoms with E-state index in [2.05, 4.69) is 0 Å². The van der Waals surface area contributed by atoms with E-state index in [1.807, 2.05) is 20.8 Å². The van der Waals surface area contributed by atoms with Crippen LogP contribution >= 0.6 is 0 Å². The molecule has 1 aromatic rings. The Morgan fingerprint density at radius 2 is 1.71 bits per heavy atom. The van der Waals surface area contributed by atoms with E-state index < -0.39 is 10.0 Å². The molecule has 0 aromatic heterocycles. The summed E-state index contributed by atoms with van der Waals surface area (Å²) < 4.78 is 21.7. The van der Waals surface area contributed by atoms with Gasteiger partial charge in [-0.15, -0.1) is 0 Å². The molecule has 4 N–H and O–H groups in total. The van der Waals surface area contributed by atoms with E-state index >= 15 is 0 Å². The molecule has 80 valence electrons. The Hall–Kier alpha value is -1.07. The lowest BCUT2D eigenvalue weighted by molar-refractivity contribution is 0.598. The number of hydrogen-bond donors (Lipinski definition) is 2. The minimum absolute atomic E-state index is 0.0203.